The average molecular weight is 253 g/mol. The molecule has 15 heavy (non-hydrogen) atoms. The van der Waals surface area contributed by atoms with Crippen molar-refractivity contribution in [1.82, 2.24) is 0 Å². The lowest BCUT2D eigenvalue weighted by molar-refractivity contribution is 0.0696. The zero-order chi connectivity index (χ0) is 11.8. The molecule has 0 fully saturated rings. The molecule has 0 aliphatic carbocycles. The van der Waals surface area contributed by atoms with Crippen LogP contribution in [-0.2, 0) is 9.05 Å². The highest BCUT2D eigenvalue weighted by atomic mass is 35.7. The second-order valence-electron chi connectivity index (χ2n) is 2.85. The summed E-state index contributed by atoms with van der Waals surface area (Å²) in [6.45, 7) is 1.26. The molecule has 0 unspecified atom stereocenters. The number of hydrogen-bond acceptors (Lipinski definition) is 3. The van der Waals surface area contributed by atoms with Gasteiger partial charge in [-0.25, -0.2) is 17.6 Å². The van der Waals surface area contributed by atoms with E-state index in [1.54, 1.807) is 0 Å². The van der Waals surface area contributed by atoms with Crippen molar-refractivity contribution < 1.29 is 22.7 Å². The van der Waals surface area contributed by atoms with Crippen LogP contribution in [0.1, 0.15) is 15.9 Å². The van der Waals surface area contributed by atoms with Crippen molar-refractivity contribution in [2.24, 2.45) is 0 Å². The molecule has 0 saturated heterocycles. The Hall–Kier alpha value is -1.14. The van der Waals surface area contributed by atoms with Crippen molar-refractivity contribution in [2.75, 3.05) is 0 Å². The quantitative estimate of drug-likeness (QED) is 0.814. The minimum atomic E-state index is -4.28. The van der Waals surface area contributed by atoms with Gasteiger partial charge in [0.1, 0.15) is 10.7 Å². The maximum absolute atomic E-state index is 13.3. The second-order valence-corrected chi connectivity index (χ2v) is 5.38. The molecule has 1 N–H and O–H groups in total. The van der Waals surface area contributed by atoms with E-state index >= 15 is 0 Å². The summed E-state index contributed by atoms with van der Waals surface area (Å²) >= 11 is 0. The largest absolute Gasteiger partial charge is 0.478 e. The van der Waals surface area contributed by atoms with E-state index in [0.717, 1.165) is 6.07 Å². The topological polar surface area (TPSA) is 71.4 Å². The lowest BCUT2D eigenvalue weighted by atomic mass is 10.1. The van der Waals surface area contributed by atoms with Crippen molar-refractivity contribution in [3.63, 3.8) is 0 Å². The molecule has 0 radical (unpaired) electrons. The van der Waals surface area contributed by atoms with Crippen LogP contribution in [0.3, 0.4) is 0 Å². The Bertz CT molecular complexity index is 524. The maximum Gasteiger partial charge on any atom is 0.335 e. The summed E-state index contributed by atoms with van der Waals surface area (Å²) in [5.41, 5.74) is -0.415. The third-order valence-corrected chi connectivity index (χ3v) is 3.05. The Labute approximate surface area is 89.7 Å². The normalized spacial score (nSPS) is 11.4. The number of hydrogen-bond donors (Lipinski definition) is 1. The molecule has 0 heterocycles. The zero-order valence-corrected chi connectivity index (χ0v) is 9.06. The molecule has 7 heteroatoms. The van der Waals surface area contributed by atoms with E-state index < -0.39 is 25.7 Å². The molecular weight excluding hydrogens is 247 g/mol. The SMILES string of the molecule is Cc1cc(C(=O)O)cc(S(=O)(=O)Cl)c1F. The molecule has 1 rings (SSSR count). The van der Waals surface area contributed by atoms with E-state index in [-0.39, 0.29) is 11.1 Å². The van der Waals surface area contributed by atoms with Gasteiger partial charge in [-0.2, -0.15) is 0 Å². The molecule has 0 saturated carbocycles. The Morgan fingerprint density at radius 2 is 2.00 bits per heavy atom. The van der Waals surface area contributed by atoms with Gasteiger partial charge in [-0.15, -0.1) is 0 Å². The van der Waals surface area contributed by atoms with Crippen molar-refractivity contribution >= 4 is 25.7 Å². The lowest BCUT2D eigenvalue weighted by Gasteiger charge is -2.04. The van der Waals surface area contributed by atoms with E-state index in [4.69, 9.17) is 15.8 Å². The number of carboxylic acids is 1. The van der Waals surface area contributed by atoms with Crippen LogP contribution >= 0.6 is 10.7 Å². The van der Waals surface area contributed by atoms with Crippen molar-refractivity contribution in [2.45, 2.75) is 11.8 Å². The van der Waals surface area contributed by atoms with Crippen LogP contribution in [0.15, 0.2) is 17.0 Å². The number of aryl methyl sites for hydroxylation is 1. The number of carbonyl (C=O) groups is 1. The molecule has 0 spiro atoms. The smallest absolute Gasteiger partial charge is 0.335 e. The summed E-state index contributed by atoms with van der Waals surface area (Å²) in [6.07, 6.45) is 0. The third-order valence-electron chi connectivity index (χ3n) is 1.73. The molecule has 0 amide bonds. The van der Waals surface area contributed by atoms with Gasteiger partial charge in [0.25, 0.3) is 9.05 Å². The summed E-state index contributed by atoms with van der Waals surface area (Å²) in [5, 5.41) is 8.63. The first-order chi connectivity index (χ1) is 6.73. The molecule has 1 aromatic carbocycles. The lowest BCUT2D eigenvalue weighted by Crippen LogP contribution is -2.04. The van der Waals surface area contributed by atoms with Gasteiger partial charge in [0.05, 0.1) is 5.56 Å². The summed E-state index contributed by atoms with van der Waals surface area (Å²) in [4.78, 5) is 9.77. The summed E-state index contributed by atoms with van der Waals surface area (Å²) < 4.78 is 35.1. The summed E-state index contributed by atoms with van der Waals surface area (Å²) in [5.74, 6) is -2.38. The monoisotopic (exact) mass is 252 g/mol. The fourth-order valence-electron chi connectivity index (χ4n) is 1.04. The first-order valence-corrected chi connectivity index (χ1v) is 6.02. The van der Waals surface area contributed by atoms with Crippen molar-refractivity contribution in [1.29, 1.82) is 0 Å². The zero-order valence-electron chi connectivity index (χ0n) is 7.49. The molecule has 1 aromatic rings. The van der Waals surface area contributed by atoms with Gasteiger partial charge in [0, 0.05) is 10.7 Å². The van der Waals surface area contributed by atoms with Crippen LogP contribution in [-0.4, -0.2) is 19.5 Å². The van der Waals surface area contributed by atoms with Gasteiger partial charge >= 0.3 is 5.97 Å². The molecular formula is C8H6ClFO4S. The Morgan fingerprint density at radius 3 is 2.40 bits per heavy atom. The molecule has 0 aliphatic heterocycles. The fraction of sp³-hybridized carbons (Fsp3) is 0.125. The van der Waals surface area contributed by atoms with E-state index in [1.165, 1.54) is 6.92 Å². The van der Waals surface area contributed by atoms with Gasteiger partial charge in [-0.3, -0.25) is 0 Å². The van der Waals surface area contributed by atoms with Gasteiger partial charge < -0.3 is 5.11 Å². The third kappa shape index (κ3) is 2.45. The first kappa shape index (κ1) is 11.9. The molecule has 0 atom stereocenters. The number of benzene rings is 1. The van der Waals surface area contributed by atoms with E-state index in [1.807, 2.05) is 0 Å². The van der Waals surface area contributed by atoms with Gasteiger partial charge in [0.2, 0.25) is 0 Å². The molecule has 0 bridgehead atoms. The number of aromatic carboxylic acids is 1. The van der Waals surface area contributed by atoms with Crippen LogP contribution < -0.4 is 0 Å². The van der Waals surface area contributed by atoms with Crippen LogP contribution in [0, 0.1) is 12.7 Å². The number of carboxylic acid groups (broad SMARTS) is 1. The minimum absolute atomic E-state index is 0.0888. The van der Waals surface area contributed by atoms with E-state index in [0.29, 0.717) is 6.07 Å². The van der Waals surface area contributed by atoms with Gasteiger partial charge in [0.15, 0.2) is 0 Å². The van der Waals surface area contributed by atoms with E-state index in [9.17, 15) is 17.6 Å². The molecule has 82 valence electrons. The highest BCUT2D eigenvalue weighted by molar-refractivity contribution is 8.13. The number of halogens is 2. The Balaban J connectivity index is 3.59. The Kier molecular flexibility index (Phi) is 3.01. The molecule has 4 nitrogen and oxygen atoms in total. The van der Waals surface area contributed by atoms with Crippen LogP contribution in [0.2, 0.25) is 0 Å². The maximum atomic E-state index is 13.3. The fourth-order valence-corrected chi connectivity index (χ4v) is 2.02. The molecule has 0 aromatic heterocycles. The van der Waals surface area contributed by atoms with Crippen molar-refractivity contribution in [3.8, 4) is 0 Å². The van der Waals surface area contributed by atoms with Crippen LogP contribution in [0.4, 0.5) is 4.39 Å². The number of rotatable bonds is 2. The average Bonchev–Trinajstić information content (AvgIpc) is 2.06. The first-order valence-electron chi connectivity index (χ1n) is 3.71. The van der Waals surface area contributed by atoms with Crippen molar-refractivity contribution in [3.05, 3.63) is 29.1 Å². The van der Waals surface area contributed by atoms with Gasteiger partial charge in [-0.05, 0) is 24.6 Å². The van der Waals surface area contributed by atoms with Crippen LogP contribution in [0.5, 0.6) is 0 Å². The molecule has 0 aliphatic rings. The standard InChI is InChI=1S/C8H6ClFO4S/c1-4-2-5(8(11)12)3-6(7(4)10)15(9,13)14/h2-3H,1H3,(H,11,12). The second kappa shape index (κ2) is 3.79. The van der Waals surface area contributed by atoms with Crippen LogP contribution in [0.25, 0.3) is 0 Å². The predicted molar refractivity (Wildman–Crippen MR) is 51.1 cm³/mol. The highest BCUT2D eigenvalue weighted by Crippen LogP contribution is 2.23. The van der Waals surface area contributed by atoms with E-state index in [2.05, 4.69) is 0 Å². The Morgan fingerprint density at radius 1 is 1.47 bits per heavy atom. The highest BCUT2D eigenvalue weighted by Gasteiger charge is 2.20. The minimum Gasteiger partial charge on any atom is -0.478 e. The van der Waals surface area contributed by atoms with Gasteiger partial charge in [-0.1, -0.05) is 0 Å². The summed E-state index contributed by atoms with van der Waals surface area (Å²) in [6, 6.07) is 1.72. The predicted octanol–water partition coefficient (Wildman–Crippen LogP) is 1.76. The summed E-state index contributed by atoms with van der Waals surface area (Å²) in [7, 11) is 0.674.